The number of aliphatic imine (C=N–C) groups is 4. The maximum atomic E-state index is 6.28. The van der Waals surface area contributed by atoms with E-state index in [4.69, 9.17) is 24.4 Å². The molecule has 0 unspecified atom stereocenters. The van der Waals surface area contributed by atoms with E-state index in [1.165, 1.54) is 0 Å². The molecule has 0 N–H and O–H groups in total. The van der Waals surface area contributed by atoms with E-state index in [1.807, 2.05) is 103 Å². The van der Waals surface area contributed by atoms with E-state index in [-0.39, 0.29) is 0 Å². The highest BCUT2D eigenvalue weighted by atomic mass is 16.3. The van der Waals surface area contributed by atoms with E-state index in [9.17, 15) is 0 Å². The molecule has 214 valence electrons. The summed E-state index contributed by atoms with van der Waals surface area (Å²) in [5.74, 6) is 0.555. The molecule has 0 fully saturated rings. The average Bonchev–Trinajstić information content (AvgIpc) is 3.90. The van der Waals surface area contributed by atoms with Crippen molar-refractivity contribution in [3.8, 4) is 0 Å². The van der Waals surface area contributed by atoms with Gasteiger partial charge < -0.3 is 4.42 Å². The smallest absolute Gasteiger partial charge is 0.259 e. The highest BCUT2D eigenvalue weighted by Crippen LogP contribution is 2.54. The molecule has 0 spiro atoms. The summed E-state index contributed by atoms with van der Waals surface area (Å²) < 4.78 is 6.28. The Morgan fingerprint density at radius 2 is 0.667 bits per heavy atom. The van der Waals surface area contributed by atoms with Gasteiger partial charge in [-0.15, -0.1) is 0 Å². The number of furan rings is 1. The molecule has 6 aromatic rings. The van der Waals surface area contributed by atoms with Crippen LogP contribution in [0.15, 0.2) is 194 Å². The zero-order valence-electron chi connectivity index (χ0n) is 24.4. The van der Waals surface area contributed by atoms with E-state index in [2.05, 4.69) is 60.7 Å². The van der Waals surface area contributed by atoms with Gasteiger partial charge in [0.2, 0.25) is 5.66 Å². The number of hydrogen-bond donors (Lipinski definition) is 0. The monoisotopic (exact) mass is 580 g/mol. The van der Waals surface area contributed by atoms with Crippen LogP contribution in [0.1, 0.15) is 33.6 Å². The highest BCUT2D eigenvalue weighted by molar-refractivity contribution is 6.55. The van der Waals surface area contributed by atoms with Crippen LogP contribution in [0.25, 0.3) is 0 Å². The topological polar surface area (TPSA) is 62.6 Å². The van der Waals surface area contributed by atoms with Gasteiger partial charge in [-0.1, -0.05) is 152 Å². The van der Waals surface area contributed by atoms with Crippen LogP contribution in [-0.2, 0) is 11.3 Å². The van der Waals surface area contributed by atoms with Gasteiger partial charge in [0.1, 0.15) is 0 Å². The van der Waals surface area contributed by atoms with Gasteiger partial charge in [-0.25, -0.2) is 20.0 Å². The third-order valence-electron chi connectivity index (χ3n) is 8.26. The molecule has 2 aliphatic heterocycles. The van der Waals surface area contributed by atoms with Crippen LogP contribution in [0.5, 0.6) is 0 Å². The van der Waals surface area contributed by atoms with Crippen molar-refractivity contribution in [1.29, 1.82) is 0 Å². The molecule has 45 heavy (non-hydrogen) atoms. The summed E-state index contributed by atoms with van der Waals surface area (Å²) in [5, 5.41) is 0. The average molecular weight is 581 g/mol. The molecule has 1 aromatic heterocycles. The summed E-state index contributed by atoms with van der Waals surface area (Å²) in [5.41, 5.74) is 5.02. The van der Waals surface area contributed by atoms with Gasteiger partial charge in [-0.3, -0.25) is 0 Å². The fourth-order valence-electron chi connectivity index (χ4n) is 6.17. The van der Waals surface area contributed by atoms with Crippen LogP contribution in [0, 0.1) is 0 Å². The van der Waals surface area contributed by atoms with Crippen LogP contribution < -0.4 is 0 Å². The van der Waals surface area contributed by atoms with Gasteiger partial charge in [-0.2, -0.15) is 0 Å². The predicted molar refractivity (Wildman–Crippen MR) is 180 cm³/mol. The lowest BCUT2D eigenvalue weighted by Crippen LogP contribution is -2.42. The second-order valence-electron chi connectivity index (χ2n) is 11.0. The van der Waals surface area contributed by atoms with E-state index in [0.717, 1.165) is 50.7 Å². The van der Waals surface area contributed by atoms with Crippen molar-refractivity contribution in [3.05, 3.63) is 204 Å². The maximum Gasteiger partial charge on any atom is 0.259 e. The van der Waals surface area contributed by atoms with Gasteiger partial charge in [0.25, 0.3) is 5.66 Å². The van der Waals surface area contributed by atoms with Crippen LogP contribution >= 0.6 is 0 Å². The molecule has 5 nitrogen and oxygen atoms in total. The molecule has 0 amide bonds. The van der Waals surface area contributed by atoms with Crippen LogP contribution in [0.2, 0.25) is 0 Å². The van der Waals surface area contributed by atoms with Crippen LogP contribution in [0.4, 0.5) is 0 Å². The minimum Gasteiger partial charge on any atom is -0.464 e. The second-order valence-corrected chi connectivity index (χ2v) is 11.0. The Labute approximate surface area is 261 Å². The summed E-state index contributed by atoms with van der Waals surface area (Å²) in [6.45, 7) is 0. The van der Waals surface area contributed by atoms with Gasteiger partial charge in [-0.05, 0) is 12.1 Å². The molecule has 2 aliphatic rings. The zero-order chi connectivity index (χ0) is 30.1. The van der Waals surface area contributed by atoms with Crippen molar-refractivity contribution in [3.63, 3.8) is 0 Å². The Morgan fingerprint density at radius 3 is 1.00 bits per heavy atom. The second kappa shape index (κ2) is 11.0. The maximum absolute atomic E-state index is 6.28. The zero-order valence-corrected chi connectivity index (χ0v) is 24.4. The molecule has 5 heteroatoms. The molecule has 0 aliphatic carbocycles. The lowest BCUT2D eigenvalue weighted by atomic mass is 9.85. The Balaban J connectivity index is 1.51. The predicted octanol–water partition coefficient (Wildman–Crippen LogP) is 8.27. The fraction of sp³-hybridized carbons (Fsp3) is 0.0500. The normalized spacial score (nSPS) is 16.4. The fourth-order valence-corrected chi connectivity index (χ4v) is 6.17. The molecule has 0 saturated heterocycles. The number of nitrogens with zero attached hydrogens (tertiary/aromatic N) is 4. The van der Waals surface area contributed by atoms with E-state index >= 15 is 0 Å². The van der Waals surface area contributed by atoms with Crippen molar-refractivity contribution >= 4 is 22.8 Å². The molecule has 0 bridgehead atoms. The van der Waals surface area contributed by atoms with Crippen molar-refractivity contribution in [2.24, 2.45) is 20.0 Å². The molecule has 0 saturated carbocycles. The third-order valence-corrected chi connectivity index (χ3v) is 8.26. The highest BCUT2D eigenvalue weighted by Gasteiger charge is 2.62. The van der Waals surface area contributed by atoms with E-state index in [0.29, 0.717) is 5.76 Å². The first-order valence-electron chi connectivity index (χ1n) is 15.0. The van der Waals surface area contributed by atoms with Gasteiger partial charge in [0.15, 0.2) is 5.76 Å². The lowest BCUT2D eigenvalue weighted by Gasteiger charge is -2.36. The molecule has 8 rings (SSSR count). The molecule has 0 atom stereocenters. The van der Waals surface area contributed by atoms with Crippen LogP contribution in [0.3, 0.4) is 0 Å². The third kappa shape index (κ3) is 4.40. The van der Waals surface area contributed by atoms with Gasteiger partial charge in [0, 0.05) is 27.8 Å². The summed E-state index contributed by atoms with van der Waals surface area (Å²) in [6, 6.07) is 54.7. The minimum absolute atomic E-state index is 0.555. The Kier molecular flexibility index (Phi) is 6.50. The van der Waals surface area contributed by atoms with Crippen molar-refractivity contribution in [1.82, 2.24) is 0 Å². The van der Waals surface area contributed by atoms with E-state index < -0.39 is 11.3 Å². The SMILES string of the molecule is c1ccc(C2=NC(c3ccccc3)(C3(c4ccco4)N=C(c4ccccc4)C(c4ccccc4)=N3)N=C2c2ccccc2)cc1. The van der Waals surface area contributed by atoms with Gasteiger partial charge >= 0.3 is 0 Å². The van der Waals surface area contributed by atoms with Gasteiger partial charge in [0.05, 0.1) is 29.1 Å². The Hall–Kier alpha value is -5.94. The Bertz CT molecular complexity index is 1950. The lowest BCUT2D eigenvalue weighted by molar-refractivity contribution is 0.214. The molecular formula is C40H28N4O. The van der Waals surface area contributed by atoms with Crippen molar-refractivity contribution in [2.75, 3.05) is 0 Å². The largest absolute Gasteiger partial charge is 0.464 e. The van der Waals surface area contributed by atoms with Crippen molar-refractivity contribution < 1.29 is 4.42 Å². The minimum atomic E-state index is -1.40. The molecular weight excluding hydrogens is 552 g/mol. The molecule has 0 radical (unpaired) electrons. The number of rotatable bonds is 7. The van der Waals surface area contributed by atoms with Crippen LogP contribution in [-0.4, -0.2) is 22.8 Å². The number of benzene rings is 5. The summed E-state index contributed by atoms with van der Waals surface area (Å²) in [6.07, 6.45) is 1.67. The quantitative estimate of drug-likeness (QED) is 0.187. The first-order chi connectivity index (χ1) is 22.3. The number of hydrogen-bond acceptors (Lipinski definition) is 5. The molecule has 5 aromatic carbocycles. The first-order valence-corrected chi connectivity index (χ1v) is 15.0. The summed E-state index contributed by atoms with van der Waals surface area (Å²) >= 11 is 0. The van der Waals surface area contributed by atoms with E-state index in [1.54, 1.807) is 6.26 Å². The summed E-state index contributed by atoms with van der Waals surface area (Å²) in [7, 11) is 0. The van der Waals surface area contributed by atoms with Crippen molar-refractivity contribution in [2.45, 2.75) is 11.3 Å². The molecule has 3 heterocycles. The summed E-state index contributed by atoms with van der Waals surface area (Å²) in [4.78, 5) is 22.4. The standard InChI is InChI=1S/C40H28N4O/c1-6-17-29(18-7-1)35-36(30-19-8-2-9-20-30)42-39(41-35,33-25-14-5-15-26-33)40(34-27-16-28-45-34)43-37(31-21-10-3-11-22-31)38(44-40)32-23-12-4-13-24-32/h1-28H. The first kappa shape index (κ1) is 26.7. The Morgan fingerprint density at radius 1 is 0.333 bits per heavy atom.